The molecule has 1 saturated heterocycles. The van der Waals surface area contributed by atoms with Gasteiger partial charge in [0.1, 0.15) is 11.5 Å². The van der Waals surface area contributed by atoms with Crippen molar-refractivity contribution in [1.82, 2.24) is 10.2 Å². The van der Waals surface area contributed by atoms with Gasteiger partial charge in [-0.1, -0.05) is 24.3 Å². The standard InChI is InChI=1S/C23H28N2O4/c1-28-20-7-3-17(4-8-20)15-22(26)25-13-11-19(12-14-25)23(27)24-16-18-5-9-21(29-2)10-6-18/h3-10,19H,11-16H2,1-2H3,(H,24,27). The van der Waals surface area contributed by atoms with Gasteiger partial charge in [-0.05, 0) is 48.2 Å². The van der Waals surface area contributed by atoms with Gasteiger partial charge in [-0.15, -0.1) is 0 Å². The fourth-order valence-corrected chi connectivity index (χ4v) is 3.50. The van der Waals surface area contributed by atoms with Crippen molar-refractivity contribution < 1.29 is 19.1 Å². The van der Waals surface area contributed by atoms with E-state index in [1.54, 1.807) is 14.2 Å². The van der Waals surface area contributed by atoms with Crippen LogP contribution in [0.3, 0.4) is 0 Å². The average Bonchev–Trinajstić information content (AvgIpc) is 2.78. The summed E-state index contributed by atoms with van der Waals surface area (Å²) in [4.78, 5) is 26.9. The van der Waals surface area contributed by atoms with Gasteiger partial charge in [0.25, 0.3) is 0 Å². The molecule has 2 aromatic carbocycles. The summed E-state index contributed by atoms with van der Waals surface area (Å²) in [7, 11) is 3.25. The molecule has 0 atom stereocenters. The van der Waals surface area contributed by atoms with Gasteiger partial charge in [-0.2, -0.15) is 0 Å². The highest BCUT2D eigenvalue weighted by molar-refractivity contribution is 5.81. The van der Waals surface area contributed by atoms with E-state index in [0.29, 0.717) is 38.9 Å². The smallest absolute Gasteiger partial charge is 0.226 e. The molecule has 1 aliphatic heterocycles. The molecule has 2 amide bonds. The minimum absolute atomic E-state index is 0.0433. The first-order chi connectivity index (χ1) is 14.1. The lowest BCUT2D eigenvalue weighted by Gasteiger charge is -2.31. The van der Waals surface area contributed by atoms with Gasteiger partial charge in [0.15, 0.2) is 0 Å². The van der Waals surface area contributed by atoms with Crippen LogP contribution in [0, 0.1) is 5.92 Å². The van der Waals surface area contributed by atoms with Crippen LogP contribution in [0.1, 0.15) is 24.0 Å². The molecule has 6 heteroatoms. The van der Waals surface area contributed by atoms with Crippen LogP contribution in [-0.4, -0.2) is 44.0 Å². The van der Waals surface area contributed by atoms with Crippen molar-refractivity contribution in [1.29, 1.82) is 0 Å². The van der Waals surface area contributed by atoms with Crippen LogP contribution in [0.15, 0.2) is 48.5 Å². The molecule has 0 saturated carbocycles. The monoisotopic (exact) mass is 396 g/mol. The van der Waals surface area contributed by atoms with Crippen LogP contribution < -0.4 is 14.8 Å². The first-order valence-corrected chi connectivity index (χ1v) is 9.90. The third-order valence-electron chi connectivity index (χ3n) is 5.36. The molecule has 1 heterocycles. The van der Waals surface area contributed by atoms with E-state index in [-0.39, 0.29) is 17.7 Å². The SMILES string of the molecule is COc1ccc(CNC(=O)C2CCN(C(=O)Cc3ccc(OC)cc3)CC2)cc1. The van der Waals surface area contributed by atoms with Crippen LogP contribution in [0.4, 0.5) is 0 Å². The van der Waals surface area contributed by atoms with Gasteiger partial charge in [0.2, 0.25) is 11.8 Å². The fourth-order valence-electron chi connectivity index (χ4n) is 3.50. The van der Waals surface area contributed by atoms with E-state index in [1.807, 2.05) is 53.4 Å². The molecule has 0 spiro atoms. The molecule has 1 fully saturated rings. The Hall–Kier alpha value is -3.02. The second-order valence-corrected chi connectivity index (χ2v) is 7.25. The lowest BCUT2D eigenvalue weighted by Crippen LogP contribution is -2.43. The molecule has 6 nitrogen and oxygen atoms in total. The van der Waals surface area contributed by atoms with Gasteiger partial charge in [0, 0.05) is 25.6 Å². The predicted molar refractivity (Wildman–Crippen MR) is 111 cm³/mol. The molecule has 0 aromatic heterocycles. The summed E-state index contributed by atoms with van der Waals surface area (Å²) in [6.45, 7) is 1.74. The van der Waals surface area contributed by atoms with Crippen LogP contribution in [-0.2, 0) is 22.6 Å². The molecule has 0 unspecified atom stereocenters. The van der Waals surface area contributed by atoms with Crippen LogP contribution in [0.2, 0.25) is 0 Å². The molecule has 29 heavy (non-hydrogen) atoms. The summed E-state index contributed by atoms with van der Waals surface area (Å²) >= 11 is 0. The Bertz CT molecular complexity index is 810. The number of amides is 2. The van der Waals surface area contributed by atoms with E-state index in [2.05, 4.69) is 5.32 Å². The van der Waals surface area contributed by atoms with Crippen LogP contribution >= 0.6 is 0 Å². The lowest BCUT2D eigenvalue weighted by molar-refractivity contribution is -0.135. The van der Waals surface area contributed by atoms with Crippen molar-refractivity contribution in [2.24, 2.45) is 5.92 Å². The number of hydrogen-bond acceptors (Lipinski definition) is 4. The number of nitrogens with zero attached hydrogens (tertiary/aromatic N) is 1. The van der Waals surface area contributed by atoms with Gasteiger partial charge in [-0.25, -0.2) is 0 Å². The van der Waals surface area contributed by atoms with Crippen molar-refractivity contribution in [2.75, 3.05) is 27.3 Å². The Morgan fingerprint density at radius 2 is 1.41 bits per heavy atom. The Kier molecular flexibility index (Phi) is 7.11. The average molecular weight is 396 g/mol. The number of hydrogen-bond donors (Lipinski definition) is 1. The second kappa shape index (κ2) is 9.96. The maximum atomic E-state index is 12.5. The molecule has 2 aromatic rings. The van der Waals surface area contributed by atoms with Gasteiger partial charge < -0.3 is 19.7 Å². The van der Waals surface area contributed by atoms with Gasteiger partial charge in [-0.3, -0.25) is 9.59 Å². The number of benzene rings is 2. The minimum Gasteiger partial charge on any atom is -0.497 e. The Morgan fingerprint density at radius 1 is 0.897 bits per heavy atom. The largest absolute Gasteiger partial charge is 0.497 e. The molecule has 1 N–H and O–H groups in total. The predicted octanol–water partition coefficient (Wildman–Crippen LogP) is 2.80. The second-order valence-electron chi connectivity index (χ2n) is 7.25. The summed E-state index contributed by atoms with van der Waals surface area (Å²) in [6.07, 6.45) is 1.77. The van der Waals surface area contributed by atoms with Crippen molar-refractivity contribution in [2.45, 2.75) is 25.8 Å². The van der Waals surface area contributed by atoms with Crippen molar-refractivity contribution in [3.63, 3.8) is 0 Å². The van der Waals surface area contributed by atoms with E-state index in [9.17, 15) is 9.59 Å². The molecule has 1 aliphatic rings. The molecule has 0 aliphatic carbocycles. The Morgan fingerprint density at radius 3 is 1.93 bits per heavy atom. The Balaban J connectivity index is 1.42. The Labute approximate surface area is 171 Å². The molecule has 0 bridgehead atoms. The molecule has 3 rings (SSSR count). The van der Waals surface area contributed by atoms with Crippen molar-refractivity contribution in [3.05, 3.63) is 59.7 Å². The summed E-state index contributed by atoms with van der Waals surface area (Å²) in [6, 6.07) is 15.2. The van der Waals surface area contributed by atoms with Crippen LogP contribution in [0.5, 0.6) is 11.5 Å². The van der Waals surface area contributed by atoms with E-state index in [1.165, 1.54) is 0 Å². The summed E-state index contributed by atoms with van der Waals surface area (Å²) in [5.41, 5.74) is 2.00. The molecular weight excluding hydrogens is 368 g/mol. The minimum atomic E-state index is -0.0433. The normalized spacial score (nSPS) is 14.3. The summed E-state index contributed by atoms with van der Waals surface area (Å²) in [5.74, 6) is 1.70. The van der Waals surface area contributed by atoms with E-state index < -0.39 is 0 Å². The van der Waals surface area contributed by atoms with Crippen molar-refractivity contribution in [3.8, 4) is 11.5 Å². The number of nitrogens with one attached hydrogen (secondary N) is 1. The number of piperidine rings is 1. The highest BCUT2D eigenvalue weighted by Gasteiger charge is 2.27. The van der Waals surface area contributed by atoms with Crippen LogP contribution in [0.25, 0.3) is 0 Å². The molecule has 154 valence electrons. The molecule has 0 radical (unpaired) electrons. The van der Waals surface area contributed by atoms with Gasteiger partial charge >= 0.3 is 0 Å². The number of ether oxygens (including phenoxy) is 2. The van der Waals surface area contributed by atoms with E-state index in [4.69, 9.17) is 9.47 Å². The van der Waals surface area contributed by atoms with E-state index >= 15 is 0 Å². The third-order valence-corrected chi connectivity index (χ3v) is 5.36. The first kappa shape index (κ1) is 20.7. The fraction of sp³-hybridized carbons (Fsp3) is 0.391. The quantitative estimate of drug-likeness (QED) is 0.782. The zero-order valence-electron chi connectivity index (χ0n) is 17.0. The van der Waals surface area contributed by atoms with Gasteiger partial charge in [0.05, 0.1) is 20.6 Å². The maximum absolute atomic E-state index is 12.5. The number of methoxy groups -OCH3 is 2. The zero-order chi connectivity index (χ0) is 20.6. The highest BCUT2D eigenvalue weighted by Crippen LogP contribution is 2.19. The molecular formula is C23H28N2O4. The highest BCUT2D eigenvalue weighted by atomic mass is 16.5. The zero-order valence-corrected chi connectivity index (χ0v) is 17.0. The summed E-state index contributed by atoms with van der Waals surface area (Å²) < 4.78 is 10.3. The number of likely N-dealkylation sites (tertiary alicyclic amines) is 1. The van der Waals surface area contributed by atoms with E-state index in [0.717, 1.165) is 22.6 Å². The van der Waals surface area contributed by atoms with Crippen molar-refractivity contribution >= 4 is 11.8 Å². The summed E-state index contributed by atoms with van der Waals surface area (Å²) in [5, 5.41) is 3.01. The first-order valence-electron chi connectivity index (χ1n) is 9.90. The number of rotatable bonds is 7. The lowest BCUT2D eigenvalue weighted by atomic mass is 9.95. The number of carbonyl (C=O) groups is 2. The number of carbonyl (C=O) groups excluding carboxylic acids is 2. The maximum Gasteiger partial charge on any atom is 0.226 e. The topological polar surface area (TPSA) is 67.9 Å². The third kappa shape index (κ3) is 5.73.